The molecular weight excluding hydrogens is 576 g/mol. The third kappa shape index (κ3) is 6.46. The van der Waals surface area contributed by atoms with Crippen LogP contribution in [-0.2, 0) is 19.0 Å². The summed E-state index contributed by atoms with van der Waals surface area (Å²) in [5.41, 5.74) is -3.68. The van der Waals surface area contributed by atoms with Crippen LogP contribution in [0.1, 0.15) is 43.9 Å². The monoisotopic (exact) mass is 600 g/mol. The number of esters is 3. The van der Waals surface area contributed by atoms with Crippen molar-refractivity contribution in [3.8, 4) is 34.5 Å². The smallest absolute Gasteiger partial charge is 0.338 e. The van der Waals surface area contributed by atoms with E-state index >= 15 is 0 Å². The Hall–Kier alpha value is -5.70. The molecular formula is C28H24O15. The number of aliphatic carboxylic acids is 1. The highest BCUT2D eigenvalue weighted by Crippen LogP contribution is 2.37. The third-order valence-electron chi connectivity index (χ3n) is 6.60. The van der Waals surface area contributed by atoms with Gasteiger partial charge in [-0.25, -0.2) is 19.2 Å². The molecule has 0 amide bonds. The molecule has 0 aromatic heterocycles. The van der Waals surface area contributed by atoms with Crippen molar-refractivity contribution in [3.05, 3.63) is 71.3 Å². The van der Waals surface area contributed by atoms with E-state index in [1.165, 1.54) is 0 Å². The van der Waals surface area contributed by atoms with E-state index in [9.17, 15) is 60.0 Å². The van der Waals surface area contributed by atoms with Crippen molar-refractivity contribution < 1.29 is 74.2 Å². The molecule has 0 radical (unpaired) electrons. The Morgan fingerprint density at radius 3 is 1.19 bits per heavy atom. The van der Waals surface area contributed by atoms with Crippen molar-refractivity contribution in [2.24, 2.45) is 0 Å². The first-order chi connectivity index (χ1) is 20.2. The van der Waals surface area contributed by atoms with E-state index in [1.807, 2.05) is 0 Å². The second kappa shape index (κ2) is 11.7. The number of hydrogen-bond acceptors (Lipinski definition) is 14. The molecule has 15 nitrogen and oxygen atoms in total. The number of carbonyl (C=O) groups is 4. The molecule has 3 aromatic rings. The minimum atomic E-state index is -2.69. The molecule has 1 aliphatic carbocycles. The minimum absolute atomic E-state index is 0.323. The fourth-order valence-electron chi connectivity index (χ4n) is 4.32. The first kappa shape index (κ1) is 30.3. The Morgan fingerprint density at radius 2 is 0.884 bits per heavy atom. The van der Waals surface area contributed by atoms with Gasteiger partial charge in [-0.3, -0.25) is 0 Å². The molecule has 0 saturated heterocycles. The molecule has 8 N–H and O–H groups in total. The largest absolute Gasteiger partial charge is 0.504 e. The molecule has 43 heavy (non-hydrogen) atoms. The number of aliphatic hydroxyl groups is 1. The number of benzene rings is 3. The summed E-state index contributed by atoms with van der Waals surface area (Å²) < 4.78 is 16.2. The molecule has 1 saturated carbocycles. The summed E-state index contributed by atoms with van der Waals surface area (Å²) >= 11 is 0. The van der Waals surface area contributed by atoms with Crippen LogP contribution in [0.2, 0.25) is 0 Å². The fraction of sp³-hybridized carbons (Fsp3) is 0.214. The number of rotatable bonds is 7. The Balaban J connectivity index is 1.72. The molecule has 0 aliphatic heterocycles. The Morgan fingerprint density at radius 1 is 0.558 bits per heavy atom. The van der Waals surface area contributed by atoms with Gasteiger partial charge in [0.2, 0.25) is 0 Å². The van der Waals surface area contributed by atoms with Crippen LogP contribution in [-0.4, -0.2) is 88.6 Å². The van der Waals surface area contributed by atoms with Crippen molar-refractivity contribution in [1.29, 1.82) is 0 Å². The summed E-state index contributed by atoms with van der Waals surface area (Å²) in [5.74, 6) is -9.20. The van der Waals surface area contributed by atoms with Crippen LogP contribution >= 0.6 is 0 Å². The highest BCUT2D eigenvalue weighted by molar-refractivity contribution is 5.92. The molecule has 0 heterocycles. The highest BCUT2D eigenvalue weighted by Gasteiger charge is 2.54. The summed E-state index contributed by atoms with van der Waals surface area (Å²) in [7, 11) is 0. The number of hydrogen-bond donors (Lipinski definition) is 8. The summed E-state index contributed by atoms with van der Waals surface area (Å²) in [6.45, 7) is 0. The Kier molecular flexibility index (Phi) is 8.20. The van der Waals surface area contributed by atoms with Crippen molar-refractivity contribution in [2.45, 2.75) is 36.8 Å². The van der Waals surface area contributed by atoms with Crippen LogP contribution in [0.3, 0.4) is 0 Å². The maximum absolute atomic E-state index is 13.0. The zero-order valence-corrected chi connectivity index (χ0v) is 21.8. The fourth-order valence-corrected chi connectivity index (χ4v) is 4.32. The van der Waals surface area contributed by atoms with Gasteiger partial charge in [0.05, 0.1) is 16.7 Å². The Labute approximate surface area is 241 Å². The third-order valence-corrected chi connectivity index (χ3v) is 6.60. The van der Waals surface area contributed by atoms with Gasteiger partial charge in [0.15, 0.2) is 46.2 Å². The molecule has 0 unspecified atom stereocenters. The first-order valence-corrected chi connectivity index (χ1v) is 12.3. The number of phenols is 6. The van der Waals surface area contributed by atoms with Gasteiger partial charge in [0, 0.05) is 12.8 Å². The summed E-state index contributed by atoms with van der Waals surface area (Å²) in [4.78, 5) is 51.0. The van der Waals surface area contributed by atoms with E-state index in [2.05, 4.69) is 0 Å². The summed E-state index contributed by atoms with van der Waals surface area (Å²) in [6, 6.07) is 8.58. The Bertz CT molecular complexity index is 1520. The average Bonchev–Trinajstić information content (AvgIpc) is 2.94. The SMILES string of the molecule is O=C(OC1[C@H](OC(=O)c2ccc(O)c(O)c2)CC(O)(C(=O)O)C[C@H]1OC(=O)c1ccc(O)c(O)c1)c1ccc(O)c(O)c1. The van der Waals surface area contributed by atoms with Crippen LogP contribution in [0.15, 0.2) is 54.6 Å². The lowest BCUT2D eigenvalue weighted by atomic mass is 9.79. The van der Waals surface area contributed by atoms with Gasteiger partial charge in [-0.05, 0) is 54.6 Å². The van der Waals surface area contributed by atoms with Gasteiger partial charge in [0.1, 0.15) is 12.2 Å². The molecule has 0 bridgehead atoms. The molecule has 1 fully saturated rings. The summed E-state index contributed by atoms with van der Waals surface area (Å²) in [5, 5.41) is 78.6. The second-order valence-corrected chi connectivity index (χ2v) is 9.61. The average molecular weight is 600 g/mol. The molecule has 3 aromatic carbocycles. The standard InChI is InChI=1S/C28H24O15/c29-15-4-1-12(7-18(15)32)24(35)41-21-10-28(40,27(38)39)11-22(42-25(36)13-2-5-16(30)19(33)8-13)23(21)43-26(37)14-3-6-17(31)20(34)9-14/h1-9,21-23,29-34,40H,10-11H2,(H,38,39)/t21-,22-,23?,28?/m1/s1. The molecule has 2 atom stereocenters. The van der Waals surface area contributed by atoms with Gasteiger partial charge in [0.25, 0.3) is 0 Å². The van der Waals surface area contributed by atoms with Gasteiger partial charge in [-0.2, -0.15) is 0 Å². The van der Waals surface area contributed by atoms with Gasteiger partial charge in [-0.1, -0.05) is 0 Å². The number of ether oxygens (including phenoxy) is 3. The number of carboxylic acid groups (broad SMARTS) is 1. The number of aromatic hydroxyl groups is 6. The van der Waals surface area contributed by atoms with Crippen LogP contribution in [0, 0.1) is 0 Å². The van der Waals surface area contributed by atoms with Crippen molar-refractivity contribution in [3.63, 3.8) is 0 Å². The zero-order valence-electron chi connectivity index (χ0n) is 21.8. The van der Waals surface area contributed by atoms with Crippen molar-refractivity contribution in [1.82, 2.24) is 0 Å². The zero-order chi connectivity index (χ0) is 31.6. The normalized spacial score (nSPS) is 21.4. The topological polar surface area (TPSA) is 258 Å². The van der Waals surface area contributed by atoms with Crippen molar-refractivity contribution >= 4 is 23.9 Å². The predicted molar refractivity (Wildman–Crippen MR) is 139 cm³/mol. The maximum Gasteiger partial charge on any atom is 0.338 e. The number of carbonyl (C=O) groups excluding carboxylic acids is 3. The molecule has 226 valence electrons. The highest BCUT2D eigenvalue weighted by atomic mass is 16.6. The van der Waals surface area contributed by atoms with E-state index in [1.54, 1.807) is 0 Å². The molecule has 0 spiro atoms. The van der Waals surface area contributed by atoms with Crippen LogP contribution in [0.5, 0.6) is 34.5 Å². The lowest BCUT2D eigenvalue weighted by Gasteiger charge is -2.42. The van der Waals surface area contributed by atoms with Crippen LogP contribution in [0.25, 0.3) is 0 Å². The van der Waals surface area contributed by atoms with Gasteiger partial charge >= 0.3 is 23.9 Å². The second-order valence-electron chi connectivity index (χ2n) is 9.61. The number of carboxylic acids is 1. The van der Waals surface area contributed by atoms with E-state index in [-0.39, 0.29) is 16.7 Å². The van der Waals surface area contributed by atoms with E-state index in [0.717, 1.165) is 54.6 Å². The van der Waals surface area contributed by atoms with Crippen LogP contribution < -0.4 is 0 Å². The first-order valence-electron chi connectivity index (χ1n) is 12.3. The summed E-state index contributed by atoms with van der Waals surface area (Å²) in [6.07, 6.45) is -7.14. The predicted octanol–water partition coefficient (Wildman–Crippen LogP) is 1.51. The van der Waals surface area contributed by atoms with Crippen LogP contribution in [0.4, 0.5) is 0 Å². The van der Waals surface area contributed by atoms with Gasteiger partial charge < -0.3 is 55.1 Å². The lowest BCUT2D eigenvalue weighted by molar-refractivity contribution is -0.188. The van der Waals surface area contributed by atoms with E-state index in [4.69, 9.17) is 14.2 Å². The van der Waals surface area contributed by atoms with Crippen molar-refractivity contribution in [2.75, 3.05) is 0 Å². The van der Waals surface area contributed by atoms with E-state index in [0.29, 0.717) is 0 Å². The minimum Gasteiger partial charge on any atom is -0.504 e. The molecule has 4 rings (SSSR count). The van der Waals surface area contributed by atoms with Gasteiger partial charge in [-0.15, -0.1) is 0 Å². The quantitative estimate of drug-likeness (QED) is 0.109. The number of phenolic OH excluding ortho intramolecular Hbond substituents is 6. The molecule has 1 aliphatic rings. The van der Waals surface area contributed by atoms with E-state index < -0.39 is 95.1 Å². The maximum atomic E-state index is 13.0. The molecule has 15 heteroatoms. The lowest BCUT2D eigenvalue weighted by Crippen LogP contribution is -2.59.